The zero-order valence-corrected chi connectivity index (χ0v) is 24.2. The summed E-state index contributed by atoms with van der Waals surface area (Å²) >= 11 is 0. The van der Waals surface area contributed by atoms with Gasteiger partial charge in [-0.15, -0.1) is 0 Å². The van der Waals surface area contributed by atoms with Gasteiger partial charge in [-0.3, -0.25) is 4.79 Å². The van der Waals surface area contributed by atoms with E-state index < -0.39 is 0 Å². The third kappa shape index (κ3) is 9.03. The van der Waals surface area contributed by atoms with Crippen molar-refractivity contribution in [3.05, 3.63) is 35.4 Å². The van der Waals surface area contributed by atoms with Gasteiger partial charge >= 0.3 is 0 Å². The molecule has 7 heteroatoms. The van der Waals surface area contributed by atoms with Crippen LogP contribution in [0.4, 0.5) is 0 Å². The molecule has 0 amide bonds. The highest BCUT2D eigenvalue weighted by atomic mass is 16.5. The molecule has 0 saturated carbocycles. The van der Waals surface area contributed by atoms with Crippen LogP contribution in [0.1, 0.15) is 94.5 Å². The molecule has 0 aromatic heterocycles. The quantitative estimate of drug-likeness (QED) is 0.129. The normalized spacial score (nSPS) is 10.7. The number of methoxy groups -OCH3 is 3. The van der Waals surface area contributed by atoms with E-state index in [2.05, 4.69) is 20.8 Å². The Hall–Kier alpha value is -3.09. The average molecular weight is 531 g/mol. The van der Waals surface area contributed by atoms with Gasteiger partial charge in [-0.05, 0) is 19.3 Å². The second-order valence-corrected chi connectivity index (χ2v) is 9.20. The van der Waals surface area contributed by atoms with E-state index in [0.29, 0.717) is 59.9 Å². The molecule has 0 aliphatic carbocycles. The third-order valence-corrected chi connectivity index (χ3v) is 6.24. The number of carbonyl (C=O) groups is 1. The van der Waals surface area contributed by atoms with Crippen LogP contribution in [0.3, 0.4) is 0 Å². The number of benzene rings is 2. The van der Waals surface area contributed by atoms with Crippen molar-refractivity contribution in [1.82, 2.24) is 0 Å². The first kappa shape index (κ1) is 31.1. The molecule has 38 heavy (non-hydrogen) atoms. The molecule has 0 aliphatic rings. The van der Waals surface area contributed by atoms with E-state index in [0.717, 1.165) is 57.8 Å². The fourth-order valence-electron chi connectivity index (χ4n) is 4.07. The lowest BCUT2D eigenvalue weighted by Crippen LogP contribution is -2.13. The zero-order chi connectivity index (χ0) is 27.8. The Morgan fingerprint density at radius 2 is 0.921 bits per heavy atom. The first-order valence-electron chi connectivity index (χ1n) is 14.0. The lowest BCUT2D eigenvalue weighted by Gasteiger charge is -2.20. The van der Waals surface area contributed by atoms with Crippen LogP contribution in [0.15, 0.2) is 24.3 Å². The van der Waals surface area contributed by atoms with Crippen molar-refractivity contribution in [2.75, 3.05) is 41.2 Å². The lowest BCUT2D eigenvalue weighted by atomic mass is 9.98. The molecule has 2 aromatic rings. The van der Waals surface area contributed by atoms with Crippen LogP contribution in [0.2, 0.25) is 0 Å². The van der Waals surface area contributed by atoms with E-state index >= 15 is 0 Å². The Balaban J connectivity index is 2.61. The van der Waals surface area contributed by atoms with Gasteiger partial charge in [0.1, 0.15) is 45.6 Å². The number of unbranched alkanes of at least 4 members (excludes halogenated alkanes) is 6. The van der Waals surface area contributed by atoms with Crippen molar-refractivity contribution in [2.24, 2.45) is 0 Å². The van der Waals surface area contributed by atoms with Crippen LogP contribution in [0.5, 0.6) is 34.5 Å². The SMILES string of the molecule is CCCCCOc1cc(OCCCCC)c(C(=O)c2c(OC)cc(OC)cc2OC)c(OCCCCC)c1. The maximum atomic E-state index is 14.2. The average Bonchev–Trinajstić information content (AvgIpc) is 2.94. The molecule has 212 valence electrons. The van der Waals surface area contributed by atoms with E-state index in [1.807, 2.05) is 0 Å². The van der Waals surface area contributed by atoms with Gasteiger partial charge < -0.3 is 28.4 Å². The molecule has 0 fully saturated rings. The summed E-state index contributed by atoms with van der Waals surface area (Å²) < 4.78 is 35.1. The van der Waals surface area contributed by atoms with Gasteiger partial charge in [0.2, 0.25) is 5.78 Å². The van der Waals surface area contributed by atoms with Crippen molar-refractivity contribution in [1.29, 1.82) is 0 Å². The highest BCUT2D eigenvalue weighted by Gasteiger charge is 2.29. The molecule has 0 heterocycles. The van der Waals surface area contributed by atoms with Crippen LogP contribution in [-0.2, 0) is 0 Å². The van der Waals surface area contributed by atoms with Gasteiger partial charge in [0.05, 0.1) is 41.2 Å². The number of ether oxygens (including phenoxy) is 6. The minimum Gasteiger partial charge on any atom is -0.496 e. The Morgan fingerprint density at radius 3 is 1.32 bits per heavy atom. The molecular formula is C31H46O7. The Bertz CT molecular complexity index is 928. The molecule has 0 unspecified atom stereocenters. The van der Waals surface area contributed by atoms with Gasteiger partial charge in [0.15, 0.2) is 0 Å². The predicted octanol–water partition coefficient (Wildman–Crippen LogP) is 7.65. The highest BCUT2D eigenvalue weighted by molar-refractivity contribution is 6.16. The molecule has 0 N–H and O–H groups in total. The number of hydrogen-bond donors (Lipinski definition) is 0. The van der Waals surface area contributed by atoms with Gasteiger partial charge in [0, 0.05) is 24.3 Å². The number of ketones is 1. The molecule has 0 spiro atoms. The standard InChI is InChI=1S/C31H46O7/c1-7-10-13-16-36-24-21-27(37-17-14-11-8-2)30(28(22-24)38-18-15-12-9-3)31(32)29-25(34-5)19-23(33-4)20-26(29)35-6/h19-22H,7-18H2,1-6H3. The summed E-state index contributed by atoms with van der Waals surface area (Å²) in [5, 5.41) is 0. The van der Waals surface area contributed by atoms with Crippen LogP contribution in [-0.4, -0.2) is 46.9 Å². The summed E-state index contributed by atoms with van der Waals surface area (Å²) in [6.07, 6.45) is 9.14. The monoisotopic (exact) mass is 530 g/mol. The Morgan fingerprint density at radius 1 is 0.526 bits per heavy atom. The second kappa shape index (κ2) is 17.4. The molecule has 0 atom stereocenters. The van der Waals surface area contributed by atoms with E-state index in [9.17, 15) is 4.79 Å². The van der Waals surface area contributed by atoms with Crippen molar-refractivity contribution in [2.45, 2.75) is 78.6 Å². The number of rotatable bonds is 20. The predicted molar refractivity (Wildman–Crippen MR) is 151 cm³/mol. The van der Waals surface area contributed by atoms with Crippen LogP contribution in [0.25, 0.3) is 0 Å². The summed E-state index contributed by atoms with van der Waals surface area (Å²) in [6, 6.07) is 6.94. The fourth-order valence-corrected chi connectivity index (χ4v) is 4.07. The largest absolute Gasteiger partial charge is 0.496 e. The first-order valence-corrected chi connectivity index (χ1v) is 14.0. The van der Waals surface area contributed by atoms with Gasteiger partial charge in [0.25, 0.3) is 0 Å². The van der Waals surface area contributed by atoms with Gasteiger partial charge in [-0.25, -0.2) is 0 Å². The van der Waals surface area contributed by atoms with E-state index in [1.54, 1.807) is 31.4 Å². The van der Waals surface area contributed by atoms with Crippen molar-refractivity contribution < 1.29 is 33.2 Å². The molecule has 0 aliphatic heterocycles. The summed E-state index contributed by atoms with van der Waals surface area (Å²) in [5.74, 6) is 2.41. The molecule has 7 nitrogen and oxygen atoms in total. The van der Waals surface area contributed by atoms with E-state index in [-0.39, 0.29) is 11.3 Å². The molecule has 0 saturated heterocycles. The van der Waals surface area contributed by atoms with Crippen LogP contribution < -0.4 is 28.4 Å². The van der Waals surface area contributed by atoms with Crippen LogP contribution >= 0.6 is 0 Å². The number of carbonyl (C=O) groups excluding carboxylic acids is 1. The summed E-state index contributed by atoms with van der Waals surface area (Å²) in [6.45, 7) is 8.01. The molecule has 0 radical (unpaired) electrons. The van der Waals surface area contributed by atoms with Gasteiger partial charge in [-0.2, -0.15) is 0 Å². The Labute approximate surface area is 228 Å². The van der Waals surface area contributed by atoms with E-state index in [1.165, 1.54) is 14.2 Å². The lowest BCUT2D eigenvalue weighted by molar-refractivity contribution is 0.102. The summed E-state index contributed by atoms with van der Waals surface area (Å²) in [7, 11) is 4.59. The zero-order valence-electron chi connectivity index (χ0n) is 24.2. The molecular weight excluding hydrogens is 484 g/mol. The fraction of sp³-hybridized carbons (Fsp3) is 0.581. The Kier molecular flexibility index (Phi) is 14.3. The topological polar surface area (TPSA) is 72.5 Å². The minimum atomic E-state index is -0.310. The van der Waals surface area contributed by atoms with E-state index in [4.69, 9.17) is 28.4 Å². The molecule has 2 rings (SSSR count). The number of hydrogen-bond acceptors (Lipinski definition) is 7. The van der Waals surface area contributed by atoms with Crippen molar-refractivity contribution in [3.8, 4) is 34.5 Å². The second-order valence-electron chi connectivity index (χ2n) is 9.20. The molecule has 0 bridgehead atoms. The summed E-state index contributed by atoms with van der Waals surface area (Å²) in [5.41, 5.74) is 0.616. The smallest absolute Gasteiger partial charge is 0.208 e. The maximum Gasteiger partial charge on any atom is 0.208 e. The molecule has 2 aromatic carbocycles. The maximum absolute atomic E-state index is 14.2. The summed E-state index contributed by atoms with van der Waals surface area (Å²) in [4.78, 5) is 14.2. The van der Waals surface area contributed by atoms with Crippen LogP contribution in [0, 0.1) is 0 Å². The van der Waals surface area contributed by atoms with Crippen molar-refractivity contribution in [3.63, 3.8) is 0 Å². The third-order valence-electron chi connectivity index (χ3n) is 6.24. The first-order chi connectivity index (χ1) is 18.5. The highest BCUT2D eigenvalue weighted by Crippen LogP contribution is 2.42. The van der Waals surface area contributed by atoms with Crippen molar-refractivity contribution >= 4 is 5.78 Å². The minimum absolute atomic E-state index is 0.282. The van der Waals surface area contributed by atoms with Gasteiger partial charge in [-0.1, -0.05) is 59.3 Å².